The van der Waals surface area contributed by atoms with Gasteiger partial charge >= 0.3 is 0 Å². The molecule has 0 aromatic heterocycles. The van der Waals surface area contributed by atoms with E-state index in [-0.39, 0.29) is 0 Å². The first-order chi connectivity index (χ1) is 4.13. The molecule has 0 atom stereocenters. The maximum Gasteiger partial charge on any atom is 0.147 e. The van der Waals surface area contributed by atoms with Crippen LogP contribution in [0.1, 0.15) is 0 Å². The van der Waals surface area contributed by atoms with Crippen LogP contribution in [-0.2, 0) is 0 Å². The molecule has 1 radical (unpaired) electrons. The first-order valence-corrected chi connectivity index (χ1v) is 3.24. The van der Waals surface area contributed by atoms with Gasteiger partial charge in [0.1, 0.15) is 7.28 Å². The Morgan fingerprint density at radius 3 is 1.44 bits per heavy atom. The van der Waals surface area contributed by atoms with Gasteiger partial charge in [-0.15, -0.1) is 0 Å². The normalized spacial score (nSPS) is 10.9. The molecule has 0 aliphatic heterocycles. The van der Waals surface area contributed by atoms with E-state index in [1.807, 2.05) is 0 Å². The second kappa shape index (κ2) is 4.83. The Bertz CT molecular complexity index is 56.1. The van der Waals surface area contributed by atoms with Crippen molar-refractivity contribution >= 4 is 7.28 Å². The minimum Gasteiger partial charge on any atom is -0.317 e. The molecule has 0 aromatic rings. The zero-order valence-electron chi connectivity index (χ0n) is 6.89. The highest BCUT2D eigenvalue weighted by Gasteiger charge is 1.93. The largest absolute Gasteiger partial charge is 0.317 e. The summed E-state index contributed by atoms with van der Waals surface area (Å²) in [5, 5.41) is 0. The van der Waals surface area contributed by atoms with E-state index < -0.39 is 0 Å². The van der Waals surface area contributed by atoms with Crippen molar-refractivity contribution in [2.45, 2.75) is 0 Å². The van der Waals surface area contributed by atoms with Crippen LogP contribution < -0.4 is 0 Å². The highest BCUT2D eigenvalue weighted by molar-refractivity contribution is 6.35. The van der Waals surface area contributed by atoms with Gasteiger partial charge < -0.3 is 9.80 Å². The Morgan fingerprint density at radius 1 is 0.889 bits per heavy atom. The Hall–Kier alpha value is -0.0151. The molecule has 0 fully saturated rings. The van der Waals surface area contributed by atoms with Crippen molar-refractivity contribution in [3.05, 3.63) is 0 Å². The van der Waals surface area contributed by atoms with Crippen molar-refractivity contribution in [2.24, 2.45) is 0 Å². The van der Waals surface area contributed by atoms with Crippen LogP contribution in [0, 0.1) is 0 Å². The Kier molecular flexibility index (Phi) is 4.82. The molecule has 53 valence electrons. The van der Waals surface area contributed by atoms with Crippen LogP contribution in [-0.4, -0.2) is 58.2 Å². The predicted octanol–water partition coefficient (Wildman–Crippen LogP) is -0.271. The Balaban J connectivity index is 2.91. The van der Waals surface area contributed by atoms with E-state index in [0.29, 0.717) is 0 Å². The van der Waals surface area contributed by atoms with Gasteiger partial charge in [-0.3, -0.25) is 0 Å². The quantitative estimate of drug-likeness (QED) is 0.479. The van der Waals surface area contributed by atoms with E-state index in [9.17, 15) is 0 Å². The van der Waals surface area contributed by atoms with E-state index in [1.54, 1.807) is 0 Å². The van der Waals surface area contributed by atoms with Crippen LogP contribution in [0.4, 0.5) is 0 Å². The summed E-state index contributed by atoms with van der Waals surface area (Å²) < 4.78 is 0. The lowest BCUT2D eigenvalue weighted by atomic mass is 9.78. The summed E-state index contributed by atoms with van der Waals surface area (Å²) in [7, 11) is 10.6. The summed E-state index contributed by atoms with van der Waals surface area (Å²) in [5.74, 6) is 0. The van der Waals surface area contributed by atoms with Crippen molar-refractivity contribution in [1.29, 1.82) is 0 Å². The lowest BCUT2D eigenvalue weighted by Crippen LogP contribution is -2.27. The van der Waals surface area contributed by atoms with Crippen LogP contribution in [0.2, 0.25) is 0 Å². The zero-order valence-corrected chi connectivity index (χ0v) is 6.89. The summed E-state index contributed by atoms with van der Waals surface area (Å²) in [6.45, 7) is 0. The molecular weight excluding hydrogens is 111 g/mol. The molecule has 0 unspecified atom stereocenters. The lowest BCUT2D eigenvalue weighted by molar-refractivity contribution is 0.452. The second-order valence-corrected chi connectivity index (χ2v) is 2.81. The van der Waals surface area contributed by atoms with Gasteiger partial charge in [-0.2, -0.15) is 0 Å². The molecule has 0 N–H and O–H groups in total. The molecule has 0 saturated heterocycles. The maximum atomic E-state index is 2.25. The lowest BCUT2D eigenvalue weighted by Gasteiger charge is -2.11. The van der Waals surface area contributed by atoms with Crippen LogP contribution >= 0.6 is 0 Å². The van der Waals surface area contributed by atoms with Crippen LogP contribution in [0.5, 0.6) is 0 Å². The highest BCUT2D eigenvalue weighted by atomic mass is 15.1. The standard InChI is InChI=1S/C6H16BN2/c1-8(2)5-7-6-9(3)4/h5-6H2,1-4H3. The Labute approximate surface area is 59.1 Å². The fourth-order valence-corrected chi connectivity index (χ4v) is 0.574. The van der Waals surface area contributed by atoms with E-state index in [4.69, 9.17) is 0 Å². The molecule has 0 spiro atoms. The SMILES string of the molecule is CN(C)C[B]CN(C)C. The van der Waals surface area contributed by atoms with Crippen molar-refractivity contribution in [3.63, 3.8) is 0 Å². The second-order valence-electron chi connectivity index (χ2n) is 2.81. The predicted molar refractivity (Wildman–Crippen MR) is 42.9 cm³/mol. The Morgan fingerprint density at radius 2 is 1.22 bits per heavy atom. The number of rotatable bonds is 4. The van der Waals surface area contributed by atoms with E-state index in [1.165, 1.54) is 0 Å². The van der Waals surface area contributed by atoms with E-state index in [0.717, 1.165) is 12.9 Å². The van der Waals surface area contributed by atoms with Gasteiger partial charge in [0, 0.05) is 0 Å². The monoisotopic (exact) mass is 127 g/mol. The van der Waals surface area contributed by atoms with Gasteiger partial charge in [0.2, 0.25) is 0 Å². The van der Waals surface area contributed by atoms with Gasteiger partial charge in [-0.05, 0) is 41.1 Å². The minimum absolute atomic E-state index is 1.07. The molecule has 3 heteroatoms. The van der Waals surface area contributed by atoms with Gasteiger partial charge in [-0.25, -0.2) is 0 Å². The maximum absolute atomic E-state index is 2.25. The molecule has 0 amide bonds. The van der Waals surface area contributed by atoms with Gasteiger partial charge in [0.15, 0.2) is 0 Å². The van der Waals surface area contributed by atoms with E-state index >= 15 is 0 Å². The molecule has 0 aromatic carbocycles. The molecule has 0 saturated carbocycles. The average molecular weight is 127 g/mol. The number of hydrogen-bond acceptors (Lipinski definition) is 2. The van der Waals surface area contributed by atoms with Gasteiger partial charge in [0.05, 0.1) is 0 Å². The van der Waals surface area contributed by atoms with Gasteiger partial charge in [-0.1, -0.05) is 0 Å². The number of hydrogen-bond donors (Lipinski definition) is 0. The molecule has 0 heterocycles. The fraction of sp³-hybridized carbons (Fsp3) is 1.00. The van der Waals surface area contributed by atoms with Crippen LogP contribution in [0.25, 0.3) is 0 Å². The summed E-state index contributed by atoms with van der Waals surface area (Å²) >= 11 is 0. The third-order valence-electron chi connectivity index (χ3n) is 0.988. The summed E-state index contributed by atoms with van der Waals surface area (Å²) in [6, 6.07) is 0. The number of nitrogens with zero attached hydrogens (tertiary/aromatic N) is 2. The third-order valence-corrected chi connectivity index (χ3v) is 0.988. The first-order valence-electron chi connectivity index (χ1n) is 3.24. The molecule has 0 aliphatic rings. The van der Waals surface area contributed by atoms with E-state index in [2.05, 4.69) is 45.3 Å². The first kappa shape index (κ1) is 8.98. The summed E-state index contributed by atoms with van der Waals surface area (Å²) in [6.07, 6.45) is 2.14. The molecule has 0 aliphatic carbocycles. The third kappa shape index (κ3) is 7.98. The molecular formula is C6H16BN2. The van der Waals surface area contributed by atoms with Crippen molar-refractivity contribution in [2.75, 3.05) is 41.1 Å². The molecule has 9 heavy (non-hydrogen) atoms. The summed E-state index contributed by atoms with van der Waals surface area (Å²) in [4.78, 5) is 4.31. The summed E-state index contributed by atoms with van der Waals surface area (Å²) in [5.41, 5.74) is 0. The van der Waals surface area contributed by atoms with Crippen molar-refractivity contribution in [3.8, 4) is 0 Å². The fourth-order valence-electron chi connectivity index (χ4n) is 0.574. The van der Waals surface area contributed by atoms with Crippen molar-refractivity contribution in [1.82, 2.24) is 9.80 Å². The van der Waals surface area contributed by atoms with Gasteiger partial charge in [0.25, 0.3) is 0 Å². The van der Waals surface area contributed by atoms with Crippen LogP contribution in [0.15, 0.2) is 0 Å². The molecule has 2 nitrogen and oxygen atoms in total. The van der Waals surface area contributed by atoms with Crippen molar-refractivity contribution < 1.29 is 0 Å². The minimum atomic E-state index is 1.07. The topological polar surface area (TPSA) is 6.48 Å². The average Bonchev–Trinajstić information content (AvgIpc) is 1.63. The molecule has 0 rings (SSSR count). The highest BCUT2D eigenvalue weighted by Crippen LogP contribution is 1.74. The van der Waals surface area contributed by atoms with Crippen LogP contribution in [0.3, 0.4) is 0 Å². The zero-order chi connectivity index (χ0) is 7.28. The molecule has 0 bridgehead atoms. The smallest absolute Gasteiger partial charge is 0.147 e.